The second-order valence-electron chi connectivity index (χ2n) is 6.39. The van der Waals surface area contributed by atoms with Crippen molar-refractivity contribution in [2.24, 2.45) is 0 Å². The van der Waals surface area contributed by atoms with Crippen LogP contribution >= 0.6 is 11.6 Å². The SMILES string of the molecule is Cc1cc(=O)n2[nH]c(CN(C(=O)c3ccccc3F)c3ccc(Cl)cc3)nc2n1. The maximum absolute atomic E-state index is 14.2. The number of carbonyl (C=O) groups is 1. The van der Waals surface area contributed by atoms with Crippen molar-refractivity contribution in [3.8, 4) is 0 Å². The summed E-state index contributed by atoms with van der Waals surface area (Å²) in [5, 5.41) is 3.34. The van der Waals surface area contributed by atoms with Crippen molar-refractivity contribution in [1.82, 2.24) is 19.6 Å². The van der Waals surface area contributed by atoms with Crippen LogP contribution < -0.4 is 10.5 Å². The van der Waals surface area contributed by atoms with Crippen molar-refractivity contribution >= 4 is 29.0 Å². The molecule has 7 nitrogen and oxygen atoms in total. The van der Waals surface area contributed by atoms with E-state index in [0.29, 0.717) is 22.2 Å². The molecule has 0 aliphatic rings. The largest absolute Gasteiger partial charge is 0.301 e. The average Bonchev–Trinajstić information content (AvgIpc) is 3.10. The lowest BCUT2D eigenvalue weighted by molar-refractivity contribution is 0.0980. The van der Waals surface area contributed by atoms with E-state index in [1.807, 2.05) is 0 Å². The van der Waals surface area contributed by atoms with Gasteiger partial charge in [-0.1, -0.05) is 23.7 Å². The van der Waals surface area contributed by atoms with Gasteiger partial charge >= 0.3 is 0 Å². The van der Waals surface area contributed by atoms with Gasteiger partial charge < -0.3 is 4.90 Å². The average molecular weight is 412 g/mol. The number of nitrogens with one attached hydrogen (secondary N) is 1. The van der Waals surface area contributed by atoms with Crippen LogP contribution in [0.25, 0.3) is 5.78 Å². The lowest BCUT2D eigenvalue weighted by atomic mass is 10.1. The second-order valence-corrected chi connectivity index (χ2v) is 6.83. The Morgan fingerprint density at radius 2 is 1.90 bits per heavy atom. The Bertz CT molecular complexity index is 1270. The molecule has 2 heterocycles. The molecule has 0 bridgehead atoms. The van der Waals surface area contributed by atoms with Crippen molar-refractivity contribution < 1.29 is 9.18 Å². The molecule has 2 aromatic carbocycles. The van der Waals surface area contributed by atoms with E-state index >= 15 is 0 Å². The zero-order valence-electron chi connectivity index (χ0n) is 15.3. The first-order valence-electron chi connectivity index (χ1n) is 8.69. The van der Waals surface area contributed by atoms with E-state index in [2.05, 4.69) is 15.1 Å². The number of amides is 1. The van der Waals surface area contributed by atoms with Gasteiger partial charge in [-0.25, -0.2) is 9.37 Å². The number of fused-ring (bicyclic) bond motifs is 1. The van der Waals surface area contributed by atoms with Crippen molar-refractivity contribution in [1.29, 1.82) is 0 Å². The van der Waals surface area contributed by atoms with Gasteiger partial charge in [-0.05, 0) is 43.3 Å². The Hall–Kier alpha value is -3.52. The van der Waals surface area contributed by atoms with Crippen LogP contribution in [-0.4, -0.2) is 25.5 Å². The lowest BCUT2D eigenvalue weighted by Gasteiger charge is -2.22. The Balaban J connectivity index is 1.77. The summed E-state index contributed by atoms with van der Waals surface area (Å²) < 4.78 is 15.4. The zero-order valence-corrected chi connectivity index (χ0v) is 16.0. The minimum Gasteiger partial charge on any atom is -0.301 e. The monoisotopic (exact) mass is 411 g/mol. The predicted octanol–water partition coefficient (Wildman–Crippen LogP) is 3.37. The molecule has 0 atom stereocenters. The molecule has 0 aliphatic heterocycles. The summed E-state index contributed by atoms with van der Waals surface area (Å²) in [7, 11) is 0. The number of carbonyl (C=O) groups excluding carboxylic acids is 1. The number of anilines is 1. The third kappa shape index (κ3) is 3.74. The molecular weight excluding hydrogens is 397 g/mol. The number of halogens is 2. The van der Waals surface area contributed by atoms with Crippen LogP contribution in [0.1, 0.15) is 21.9 Å². The van der Waals surface area contributed by atoms with Gasteiger partial charge in [-0.2, -0.15) is 9.50 Å². The Morgan fingerprint density at radius 1 is 1.17 bits per heavy atom. The van der Waals surface area contributed by atoms with Gasteiger partial charge in [0.2, 0.25) is 0 Å². The standard InChI is InChI=1S/C20H15ClFN5O2/c1-12-10-18(28)27-20(23-12)24-17(25-27)11-26(14-8-6-13(21)7-9-14)19(29)15-4-2-3-5-16(15)22/h2-10H,11H2,1H3,(H,23,24,25). The molecule has 0 saturated heterocycles. The van der Waals surface area contributed by atoms with Gasteiger partial charge in [-0.15, -0.1) is 0 Å². The minimum absolute atomic E-state index is 0.0311. The van der Waals surface area contributed by atoms with E-state index in [9.17, 15) is 14.0 Å². The topological polar surface area (TPSA) is 83.4 Å². The molecule has 0 spiro atoms. The van der Waals surface area contributed by atoms with Crippen molar-refractivity contribution in [2.45, 2.75) is 13.5 Å². The van der Waals surface area contributed by atoms with Gasteiger partial charge in [0.1, 0.15) is 11.6 Å². The van der Waals surface area contributed by atoms with Crippen molar-refractivity contribution in [3.05, 3.63) is 92.9 Å². The third-order valence-corrected chi connectivity index (χ3v) is 4.55. The minimum atomic E-state index is -0.630. The molecule has 2 aromatic heterocycles. The maximum atomic E-state index is 14.2. The fourth-order valence-corrected chi connectivity index (χ4v) is 3.06. The first-order valence-corrected chi connectivity index (χ1v) is 9.07. The quantitative estimate of drug-likeness (QED) is 0.558. The van der Waals surface area contributed by atoms with Crippen LogP contribution in [0.4, 0.5) is 10.1 Å². The molecule has 1 N–H and O–H groups in total. The highest BCUT2D eigenvalue weighted by Gasteiger charge is 2.22. The Kier molecular flexibility index (Phi) is 4.85. The molecule has 1 amide bonds. The Labute approximate surface area is 169 Å². The molecule has 0 saturated carbocycles. The highest BCUT2D eigenvalue weighted by Crippen LogP contribution is 2.23. The summed E-state index contributed by atoms with van der Waals surface area (Å²) in [6, 6.07) is 13.7. The number of nitrogens with zero attached hydrogens (tertiary/aromatic N) is 4. The van der Waals surface area contributed by atoms with E-state index in [4.69, 9.17) is 11.6 Å². The summed E-state index contributed by atoms with van der Waals surface area (Å²) in [5.41, 5.74) is 0.638. The van der Waals surface area contributed by atoms with Gasteiger partial charge in [0.25, 0.3) is 17.2 Å². The van der Waals surface area contributed by atoms with E-state index in [1.54, 1.807) is 37.3 Å². The molecular formula is C20H15ClFN5O2. The van der Waals surface area contributed by atoms with Crippen LogP contribution in [-0.2, 0) is 6.54 Å². The molecule has 9 heteroatoms. The van der Waals surface area contributed by atoms with Gasteiger partial charge in [0.15, 0.2) is 0 Å². The van der Waals surface area contributed by atoms with Crippen LogP contribution in [0.5, 0.6) is 0 Å². The van der Waals surface area contributed by atoms with E-state index in [-0.39, 0.29) is 23.4 Å². The first-order chi connectivity index (χ1) is 13.9. The third-order valence-electron chi connectivity index (χ3n) is 4.30. The number of rotatable bonds is 4. The normalized spacial score (nSPS) is 11.0. The summed E-state index contributed by atoms with van der Waals surface area (Å²) in [6.07, 6.45) is 0. The van der Waals surface area contributed by atoms with Crippen LogP contribution in [0.15, 0.2) is 59.4 Å². The molecule has 0 fully saturated rings. The molecule has 146 valence electrons. The first kappa shape index (κ1) is 18.8. The summed E-state index contributed by atoms with van der Waals surface area (Å²) in [4.78, 5) is 35.1. The fourth-order valence-electron chi connectivity index (χ4n) is 2.94. The number of benzene rings is 2. The number of aromatic nitrogens is 4. The number of H-pyrrole nitrogens is 1. The van der Waals surface area contributed by atoms with E-state index in [0.717, 1.165) is 0 Å². The zero-order chi connectivity index (χ0) is 20.5. The van der Waals surface area contributed by atoms with Gasteiger partial charge in [-0.3, -0.25) is 14.7 Å². The smallest absolute Gasteiger partial charge is 0.274 e. The summed E-state index contributed by atoms with van der Waals surface area (Å²) >= 11 is 5.96. The van der Waals surface area contributed by atoms with E-state index < -0.39 is 11.7 Å². The highest BCUT2D eigenvalue weighted by molar-refractivity contribution is 6.30. The van der Waals surface area contributed by atoms with Crippen molar-refractivity contribution in [3.63, 3.8) is 0 Å². The van der Waals surface area contributed by atoms with Gasteiger partial charge in [0, 0.05) is 22.5 Å². The van der Waals surface area contributed by atoms with Crippen LogP contribution in [0, 0.1) is 12.7 Å². The number of hydrogen-bond donors (Lipinski definition) is 1. The molecule has 4 rings (SSSR count). The molecule has 29 heavy (non-hydrogen) atoms. The highest BCUT2D eigenvalue weighted by atomic mass is 35.5. The lowest BCUT2D eigenvalue weighted by Crippen LogP contribution is -2.31. The van der Waals surface area contributed by atoms with Crippen LogP contribution in [0.3, 0.4) is 0 Å². The molecule has 4 aromatic rings. The van der Waals surface area contributed by atoms with E-state index in [1.165, 1.54) is 33.7 Å². The number of hydrogen-bond acceptors (Lipinski definition) is 4. The molecule has 0 aliphatic carbocycles. The molecule has 0 radical (unpaired) electrons. The van der Waals surface area contributed by atoms with Crippen LogP contribution in [0.2, 0.25) is 5.02 Å². The molecule has 0 unspecified atom stereocenters. The Morgan fingerprint density at radius 3 is 2.62 bits per heavy atom. The predicted molar refractivity (Wildman–Crippen MR) is 107 cm³/mol. The van der Waals surface area contributed by atoms with Crippen molar-refractivity contribution in [2.75, 3.05) is 4.90 Å². The summed E-state index contributed by atoms with van der Waals surface area (Å²) in [5.74, 6) is -0.670. The van der Waals surface area contributed by atoms with Gasteiger partial charge in [0.05, 0.1) is 12.1 Å². The fraction of sp³-hybridized carbons (Fsp3) is 0.100. The maximum Gasteiger partial charge on any atom is 0.274 e. The number of aromatic amines is 1. The second kappa shape index (κ2) is 7.48. The number of aryl methyl sites for hydroxylation is 1. The summed E-state index contributed by atoms with van der Waals surface area (Å²) in [6.45, 7) is 1.66.